The highest BCUT2D eigenvalue weighted by Crippen LogP contribution is 2.43. The molecule has 0 saturated carbocycles. The van der Waals surface area contributed by atoms with Crippen LogP contribution in [0, 0.1) is 5.92 Å². The molecule has 4 rings (SSSR count). The van der Waals surface area contributed by atoms with Crippen LogP contribution in [0.2, 0.25) is 0 Å². The van der Waals surface area contributed by atoms with E-state index in [1.54, 1.807) is 38.4 Å². The number of benzene rings is 2. The van der Waals surface area contributed by atoms with Crippen molar-refractivity contribution in [1.82, 2.24) is 9.80 Å². The Morgan fingerprint density at radius 2 is 1.52 bits per heavy atom. The zero-order valence-corrected chi connectivity index (χ0v) is 19.3. The molecule has 0 aromatic heterocycles. The molecule has 2 aromatic rings. The highest BCUT2D eigenvalue weighted by molar-refractivity contribution is 5.95. The number of nitrogens with zero attached hydrogens (tertiary/aromatic N) is 2. The first-order valence-corrected chi connectivity index (χ1v) is 11.1. The van der Waals surface area contributed by atoms with Crippen molar-refractivity contribution in [2.24, 2.45) is 5.92 Å². The van der Waals surface area contributed by atoms with Gasteiger partial charge in [-0.2, -0.15) is 0 Å². The lowest BCUT2D eigenvalue weighted by molar-refractivity contribution is -0.139. The minimum absolute atomic E-state index is 0.0420. The number of hydrogen-bond donors (Lipinski definition) is 0. The van der Waals surface area contributed by atoms with Gasteiger partial charge in [0.2, 0.25) is 11.7 Å². The largest absolute Gasteiger partial charge is 0.493 e. The molecule has 2 aliphatic heterocycles. The van der Waals surface area contributed by atoms with Gasteiger partial charge >= 0.3 is 0 Å². The van der Waals surface area contributed by atoms with Crippen LogP contribution in [0.15, 0.2) is 42.5 Å². The SMILES string of the molecule is COc1cc(C2CN(C(=O)c3ccccc3)CC2C(=O)N2CCOCC2)cc(OC)c1OC. The molecule has 2 atom stereocenters. The van der Waals surface area contributed by atoms with Crippen LogP contribution in [0.25, 0.3) is 0 Å². The number of carbonyl (C=O) groups excluding carboxylic acids is 2. The third kappa shape index (κ3) is 4.61. The Balaban J connectivity index is 1.69. The molecule has 0 radical (unpaired) electrons. The van der Waals surface area contributed by atoms with Crippen LogP contribution in [0.5, 0.6) is 17.2 Å². The zero-order chi connectivity index (χ0) is 23.4. The summed E-state index contributed by atoms with van der Waals surface area (Å²) in [7, 11) is 4.69. The van der Waals surface area contributed by atoms with Crippen LogP contribution in [0.4, 0.5) is 0 Å². The molecule has 8 nitrogen and oxygen atoms in total. The molecule has 2 unspecified atom stereocenters. The van der Waals surface area contributed by atoms with Crippen molar-refractivity contribution in [1.29, 1.82) is 0 Å². The summed E-state index contributed by atoms with van der Waals surface area (Å²) >= 11 is 0. The molecule has 2 fully saturated rings. The number of morpholine rings is 1. The predicted molar refractivity (Wildman–Crippen MR) is 122 cm³/mol. The first kappa shape index (κ1) is 22.9. The molecule has 2 amide bonds. The molecule has 0 bridgehead atoms. The number of ether oxygens (including phenoxy) is 4. The topological polar surface area (TPSA) is 77.5 Å². The van der Waals surface area contributed by atoms with Gasteiger partial charge in [0.25, 0.3) is 5.91 Å². The van der Waals surface area contributed by atoms with Gasteiger partial charge in [0.1, 0.15) is 0 Å². The second-order valence-corrected chi connectivity index (χ2v) is 8.19. The summed E-state index contributed by atoms with van der Waals surface area (Å²) in [6.07, 6.45) is 0. The van der Waals surface area contributed by atoms with Crippen LogP contribution in [-0.2, 0) is 9.53 Å². The monoisotopic (exact) mass is 454 g/mol. The Hall–Kier alpha value is -3.26. The third-order valence-electron chi connectivity index (χ3n) is 6.38. The minimum Gasteiger partial charge on any atom is -0.493 e. The normalized spacial score (nSPS) is 20.5. The van der Waals surface area contributed by atoms with Crippen LogP contribution < -0.4 is 14.2 Å². The van der Waals surface area contributed by atoms with E-state index >= 15 is 0 Å². The lowest BCUT2D eigenvalue weighted by atomic mass is 9.87. The fourth-order valence-electron chi connectivity index (χ4n) is 4.65. The van der Waals surface area contributed by atoms with Crippen molar-refractivity contribution in [2.45, 2.75) is 5.92 Å². The van der Waals surface area contributed by atoms with E-state index in [4.69, 9.17) is 18.9 Å². The molecular weight excluding hydrogens is 424 g/mol. The Kier molecular flexibility index (Phi) is 7.03. The van der Waals surface area contributed by atoms with Crippen molar-refractivity contribution >= 4 is 11.8 Å². The molecule has 2 saturated heterocycles. The molecule has 2 aromatic carbocycles. The number of methoxy groups -OCH3 is 3. The smallest absolute Gasteiger partial charge is 0.253 e. The lowest BCUT2D eigenvalue weighted by Gasteiger charge is -2.31. The molecule has 2 heterocycles. The number of likely N-dealkylation sites (tertiary alicyclic amines) is 1. The number of rotatable bonds is 6. The quantitative estimate of drug-likeness (QED) is 0.667. The van der Waals surface area contributed by atoms with Gasteiger partial charge in [-0.1, -0.05) is 18.2 Å². The van der Waals surface area contributed by atoms with E-state index in [9.17, 15) is 9.59 Å². The van der Waals surface area contributed by atoms with Gasteiger partial charge in [-0.05, 0) is 29.8 Å². The molecule has 0 N–H and O–H groups in total. The summed E-state index contributed by atoms with van der Waals surface area (Å²) in [4.78, 5) is 30.4. The van der Waals surface area contributed by atoms with E-state index in [0.717, 1.165) is 5.56 Å². The van der Waals surface area contributed by atoms with Crippen LogP contribution in [0.1, 0.15) is 21.8 Å². The van der Waals surface area contributed by atoms with Crippen molar-refractivity contribution in [3.05, 3.63) is 53.6 Å². The summed E-state index contributed by atoms with van der Waals surface area (Å²) in [6, 6.07) is 12.9. The van der Waals surface area contributed by atoms with Crippen molar-refractivity contribution in [2.75, 3.05) is 60.7 Å². The molecule has 0 aliphatic carbocycles. The Bertz CT molecular complexity index is 965. The van der Waals surface area contributed by atoms with Crippen LogP contribution in [0.3, 0.4) is 0 Å². The maximum absolute atomic E-state index is 13.6. The fraction of sp³-hybridized carbons (Fsp3) is 0.440. The second kappa shape index (κ2) is 10.1. The zero-order valence-electron chi connectivity index (χ0n) is 19.3. The Morgan fingerprint density at radius 1 is 0.879 bits per heavy atom. The average Bonchev–Trinajstić information content (AvgIpc) is 3.33. The molecule has 2 aliphatic rings. The highest BCUT2D eigenvalue weighted by Gasteiger charge is 2.43. The fourth-order valence-corrected chi connectivity index (χ4v) is 4.65. The standard InChI is InChI=1S/C25H30N2O6/c1-30-21-13-18(14-22(31-2)23(21)32-3)19-15-27(24(28)17-7-5-4-6-8-17)16-20(19)25(29)26-9-11-33-12-10-26/h4-8,13-14,19-20H,9-12,15-16H2,1-3H3. The van der Waals surface area contributed by atoms with Crippen molar-refractivity contribution in [3.63, 3.8) is 0 Å². The van der Waals surface area contributed by atoms with Gasteiger partial charge in [0, 0.05) is 37.7 Å². The highest BCUT2D eigenvalue weighted by atomic mass is 16.5. The van der Waals surface area contributed by atoms with E-state index in [0.29, 0.717) is 62.2 Å². The first-order chi connectivity index (χ1) is 16.1. The first-order valence-electron chi connectivity index (χ1n) is 11.1. The van der Waals surface area contributed by atoms with Gasteiger partial charge in [-0.15, -0.1) is 0 Å². The third-order valence-corrected chi connectivity index (χ3v) is 6.38. The van der Waals surface area contributed by atoms with Gasteiger partial charge in [0.05, 0.1) is 40.5 Å². The van der Waals surface area contributed by atoms with Gasteiger partial charge < -0.3 is 28.7 Å². The minimum atomic E-state index is -0.376. The van der Waals surface area contributed by atoms with E-state index in [2.05, 4.69) is 0 Å². The van der Waals surface area contributed by atoms with Crippen molar-refractivity contribution < 1.29 is 28.5 Å². The number of hydrogen-bond acceptors (Lipinski definition) is 6. The summed E-state index contributed by atoms with van der Waals surface area (Å²) in [6.45, 7) is 2.95. The van der Waals surface area contributed by atoms with Crippen LogP contribution >= 0.6 is 0 Å². The van der Waals surface area contributed by atoms with E-state index in [-0.39, 0.29) is 23.7 Å². The molecule has 33 heavy (non-hydrogen) atoms. The predicted octanol–water partition coefficient (Wildman–Crippen LogP) is 2.43. The van der Waals surface area contributed by atoms with Gasteiger partial charge in [-0.3, -0.25) is 9.59 Å². The maximum Gasteiger partial charge on any atom is 0.253 e. The Labute approximate surface area is 194 Å². The average molecular weight is 455 g/mol. The number of amides is 2. The maximum atomic E-state index is 13.6. The van der Waals surface area contributed by atoms with Gasteiger partial charge in [0.15, 0.2) is 11.5 Å². The van der Waals surface area contributed by atoms with Gasteiger partial charge in [-0.25, -0.2) is 0 Å². The van der Waals surface area contributed by atoms with E-state index in [1.165, 1.54) is 0 Å². The summed E-state index contributed by atoms with van der Waals surface area (Å²) in [5.41, 5.74) is 1.49. The van der Waals surface area contributed by atoms with E-state index in [1.807, 2.05) is 35.2 Å². The Morgan fingerprint density at radius 3 is 2.09 bits per heavy atom. The van der Waals surface area contributed by atoms with Crippen LogP contribution in [-0.4, -0.2) is 82.3 Å². The van der Waals surface area contributed by atoms with E-state index < -0.39 is 0 Å². The molecule has 176 valence electrons. The molecular formula is C25H30N2O6. The molecule has 8 heteroatoms. The number of carbonyl (C=O) groups is 2. The second-order valence-electron chi connectivity index (χ2n) is 8.19. The summed E-state index contributed by atoms with van der Waals surface area (Å²) in [5, 5.41) is 0. The summed E-state index contributed by atoms with van der Waals surface area (Å²) in [5.74, 6) is 0.926. The van der Waals surface area contributed by atoms with Crippen molar-refractivity contribution in [3.8, 4) is 17.2 Å². The molecule has 0 spiro atoms. The summed E-state index contributed by atoms with van der Waals surface area (Å²) < 4.78 is 22.0. The lowest BCUT2D eigenvalue weighted by Crippen LogP contribution is -2.45.